The van der Waals surface area contributed by atoms with Gasteiger partial charge >= 0.3 is 0 Å². The Balaban J connectivity index is 2.40. The quantitative estimate of drug-likeness (QED) is 0.837. The van der Waals surface area contributed by atoms with Crippen molar-refractivity contribution >= 4 is 21.4 Å². The molecule has 0 aliphatic carbocycles. The molecule has 2 rings (SSSR count). The van der Waals surface area contributed by atoms with Crippen molar-refractivity contribution in [3.8, 4) is 0 Å². The maximum absolute atomic E-state index is 13.0. The Morgan fingerprint density at radius 2 is 2.15 bits per heavy atom. The van der Waals surface area contributed by atoms with Gasteiger partial charge in [-0.3, -0.25) is 9.40 Å². The molecule has 0 spiro atoms. The van der Waals surface area contributed by atoms with E-state index in [1.54, 1.807) is 13.2 Å². The summed E-state index contributed by atoms with van der Waals surface area (Å²) in [6.45, 7) is 1.87. The third-order valence-corrected chi connectivity index (χ3v) is 4.19. The molecule has 0 aliphatic rings. The number of nitrogens with two attached hydrogens (primary N) is 1. The van der Waals surface area contributed by atoms with Crippen molar-refractivity contribution in [2.75, 3.05) is 10.5 Å². The number of nitrogens with one attached hydrogen (secondary N) is 1. The summed E-state index contributed by atoms with van der Waals surface area (Å²) in [6, 6.07) is 3.16. The number of hydrogen-bond acceptors (Lipinski definition) is 4. The number of anilines is 2. The first-order valence-electron chi connectivity index (χ1n) is 5.94. The second kappa shape index (κ2) is 5.12. The molecule has 1 aromatic heterocycles. The SMILES string of the molecule is CCc1nn(C)cc1NS(=O)(=O)c1ccc(F)cc1N. The topological polar surface area (TPSA) is 90.0 Å². The van der Waals surface area contributed by atoms with E-state index in [0.717, 1.165) is 18.2 Å². The molecule has 8 heteroatoms. The number of sulfonamides is 1. The molecule has 0 amide bonds. The molecule has 1 heterocycles. The van der Waals surface area contributed by atoms with Gasteiger partial charge in [0.25, 0.3) is 10.0 Å². The Bertz CT molecular complexity index is 740. The van der Waals surface area contributed by atoms with Gasteiger partial charge in [0, 0.05) is 13.2 Å². The number of aromatic nitrogens is 2. The molecule has 0 fully saturated rings. The second-order valence-corrected chi connectivity index (χ2v) is 5.96. The highest BCUT2D eigenvalue weighted by Crippen LogP contribution is 2.23. The average molecular weight is 298 g/mol. The summed E-state index contributed by atoms with van der Waals surface area (Å²) >= 11 is 0. The Labute approximate surface area is 116 Å². The number of halogens is 1. The lowest BCUT2D eigenvalue weighted by atomic mass is 10.3. The average Bonchev–Trinajstić information content (AvgIpc) is 2.67. The van der Waals surface area contributed by atoms with Crippen LogP contribution in [0.1, 0.15) is 12.6 Å². The number of aryl methyl sites for hydroxylation is 2. The first kappa shape index (κ1) is 14.3. The molecule has 108 valence electrons. The summed E-state index contributed by atoms with van der Waals surface area (Å²) in [4.78, 5) is -0.162. The van der Waals surface area contributed by atoms with Gasteiger partial charge in [0.1, 0.15) is 10.7 Å². The van der Waals surface area contributed by atoms with Gasteiger partial charge in [0.05, 0.1) is 17.1 Å². The molecule has 2 aromatic rings. The molecule has 0 saturated carbocycles. The molecule has 0 unspecified atom stereocenters. The zero-order valence-corrected chi connectivity index (χ0v) is 11.9. The van der Waals surface area contributed by atoms with Crippen LogP contribution in [0.4, 0.5) is 15.8 Å². The minimum absolute atomic E-state index is 0.139. The number of benzene rings is 1. The Kier molecular flexibility index (Phi) is 3.67. The van der Waals surface area contributed by atoms with Crippen LogP contribution in [0.15, 0.2) is 29.3 Å². The maximum Gasteiger partial charge on any atom is 0.264 e. The van der Waals surface area contributed by atoms with E-state index in [-0.39, 0.29) is 10.6 Å². The van der Waals surface area contributed by atoms with E-state index in [1.165, 1.54) is 4.68 Å². The molecule has 0 aliphatic heterocycles. The zero-order valence-electron chi connectivity index (χ0n) is 11.1. The fourth-order valence-electron chi connectivity index (χ4n) is 1.84. The molecule has 0 atom stereocenters. The largest absolute Gasteiger partial charge is 0.398 e. The number of rotatable bonds is 4. The van der Waals surface area contributed by atoms with Crippen LogP contribution in [0.25, 0.3) is 0 Å². The smallest absolute Gasteiger partial charge is 0.264 e. The Morgan fingerprint density at radius 1 is 1.45 bits per heavy atom. The number of nitrogen functional groups attached to an aromatic ring is 1. The first-order chi connectivity index (χ1) is 9.33. The molecular formula is C12H15FN4O2S. The lowest BCUT2D eigenvalue weighted by Gasteiger charge is -2.09. The van der Waals surface area contributed by atoms with Crippen LogP contribution in [0.2, 0.25) is 0 Å². The molecule has 1 aromatic carbocycles. The van der Waals surface area contributed by atoms with Gasteiger partial charge in [-0.15, -0.1) is 0 Å². The lowest BCUT2D eigenvalue weighted by Crippen LogP contribution is -2.15. The third-order valence-electron chi connectivity index (χ3n) is 2.75. The maximum atomic E-state index is 13.0. The summed E-state index contributed by atoms with van der Waals surface area (Å²) < 4.78 is 41.4. The van der Waals surface area contributed by atoms with Crippen LogP contribution in [-0.2, 0) is 23.5 Å². The summed E-state index contributed by atoms with van der Waals surface area (Å²) in [6.07, 6.45) is 2.15. The number of nitrogens with zero attached hydrogens (tertiary/aromatic N) is 2. The molecule has 0 radical (unpaired) electrons. The highest BCUT2D eigenvalue weighted by Gasteiger charge is 2.20. The van der Waals surface area contributed by atoms with Crippen molar-refractivity contribution in [2.45, 2.75) is 18.2 Å². The van der Waals surface area contributed by atoms with Crippen molar-refractivity contribution in [3.63, 3.8) is 0 Å². The van der Waals surface area contributed by atoms with Crippen molar-refractivity contribution < 1.29 is 12.8 Å². The van der Waals surface area contributed by atoms with Gasteiger partial charge in [-0.2, -0.15) is 5.10 Å². The highest BCUT2D eigenvalue weighted by atomic mass is 32.2. The van der Waals surface area contributed by atoms with Crippen molar-refractivity contribution in [1.82, 2.24) is 9.78 Å². The number of hydrogen-bond donors (Lipinski definition) is 2. The van der Waals surface area contributed by atoms with Crippen LogP contribution in [0.5, 0.6) is 0 Å². The van der Waals surface area contributed by atoms with Crippen LogP contribution in [0, 0.1) is 5.82 Å². The summed E-state index contributed by atoms with van der Waals surface area (Å²) in [5.74, 6) is -0.586. The van der Waals surface area contributed by atoms with Crippen LogP contribution >= 0.6 is 0 Å². The summed E-state index contributed by atoms with van der Waals surface area (Å²) in [5, 5.41) is 4.14. The molecule has 0 saturated heterocycles. The molecule has 0 bridgehead atoms. The van der Waals surface area contributed by atoms with Crippen molar-refractivity contribution in [2.24, 2.45) is 7.05 Å². The zero-order chi connectivity index (χ0) is 14.9. The molecule has 20 heavy (non-hydrogen) atoms. The Morgan fingerprint density at radius 3 is 2.75 bits per heavy atom. The van der Waals surface area contributed by atoms with Gasteiger partial charge in [-0.05, 0) is 24.6 Å². The van der Waals surface area contributed by atoms with E-state index in [0.29, 0.717) is 17.8 Å². The fraction of sp³-hybridized carbons (Fsp3) is 0.250. The van der Waals surface area contributed by atoms with E-state index >= 15 is 0 Å². The summed E-state index contributed by atoms with van der Waals surface area (Å²) in [7, 11) is -2.18. The standard InChI is InChI=1S/C12H15FN4O2S/c1-3-10-11(7-17(2)15-10)16-20(18,19)12-5-4-8(13)6-9(12)14/h4-7,16H,3,14H2,1-2H3. The van der Waals surface area contributed by atoms with Crippen LogP contribution in [0.3, 0.4) is 0 Å². The minimum Gasteiger partial charge on any atom is -0.398 e. The second-order valence-electron chi connectivity index (χ2n) is 4.30. The normalized spacial score (nSPS) is 11.6. The lowest BCUT2D eigenvalue weighted by molar-refractivity contribution is 0.600. The van der Waals surface area contributed by atoms with Crippen molar-refractivity contribution in [1.29, 1.82) is 0 Å². The van der Waals surface area contributed by atoms with E-state index in [4.69, 9.17) is 5.73 Å². The van der Waals surface area contributed by atoms with Gasteiger partial charge in [-0.25, -0.2) is 12.8 Å². The monoisotopic (exact) mass is 298 g/mol. The van der Waals surface area contributed by atoms with Gasteiger partial charge in [0.2, 0.25) is 0 Å². The van der Waals surface area contributed by atoms with E-state index in [9.17, 15) is 12.8 Å². The van der Waals surface area contributed by atoms with Gasteiger partial charge < -0.3 is 5.73 Å². The van der Waals surface area contributed by atoms with E-state index in [2.05, 4.69) is 9.82 Å². The summed E-state index contributed by atoms with van der Waals surface area (Å²) in [5.41, 5.74) is 6.43. The predicted octanol–water partition coefficient (Wildman–Crippen LogP) is 1.50. The van der Waals surface area contributed by atoms with Gasteiger partial charge in [-0.1, -0.05) is 6.92 Å². The molecule has 6 nitrogen and oxygen atoms in total. The van der Waals surface area contributed by atoms with E-state index in [1.807, 2.05) is 6.92 Å². The Hall–Kier alpha value is -2.09. The highest BCUT2D eigenvalue weighted by molar-refractivity contribution is 7.92. The minimum atomic E-state index is -3.88. The van der Waals surface area contributed by atoms with Crippen LogP contribution < -0.4 is 10.5 Å². The predicted molar refractivity (Wildman–Crippen MR) is 74.2 cm³/mol. The third kappa shape index (κ3) is 2.74. The van der Waals surface area contributed by atoms with Crippen molar-refractivity contribution in [3.05, 3.63) is 35.9 Å². The van der Waals surface area contributed by atoms with Gasteiger partial charge in [0.15, 0.2) is 0 Å². The first-order valence-corrected chi connectivity index (χ1v) is 7.42. The van der Waals surface area contributed by atoms with Crippen LogP contribution in [-0.4, -0.2) is 18.2 Å². The molecule has 3 N–H and O–H groups in total. The fourth-order valence-corrected chi connectivity index (χ4v) is 3.03. The molecular weight excluding hydrogens is 283 g/mol. The van der Waals surface area contributed by atoms with E-state index < -0.39 is 15.8 Å².